The standard InChI is InChI=1S/C21H26N2O.ClH/c1-16-15-23(14-13-19(16)17-9-5-3-6-10-17)20(24)21(2,22)18-11-7-4-8-12-18;/h3-12,16,19H,13-15,22H2,1-2H3;1H. The fourth-order valence-corrected chi connectivity index (χ4v) is 3.76. The van der Waals surface area contributed by atoms with Crippen LogP contribution in [-0.2, 0) is 10.3 Å². The summed E-state index contributed by atoms with van der Waals surface area (Å²) >= 11 is 0. The van der Waals surface area contributed by atoms with Crippen LogP contribution in [0.1, 0.15) is 37.3 Å². The molecule has 2 aromatic rings. The Morgan fingerprint density at radius 3 is 2.20 bits per heavy atom. The third-order valence-electron chi connectivity index (χ3n) is 5.24. The van der Waals surface area contributed by atoms with Crippen LogP contribution in [0.25, 0.3) is 0 Å². The molecule has 3 unspecified atom stereocenters. The Hall–Kier alpha value is -1.84. The van der Waals surface area contributed by atoms with E-state index in [-0.39, 0.29) is 18.3 Å². The Morgan fingerprint density at radius 2 is 1.64 bits per heavy atom. The highest BCUT2D eigenvalue weighted by Crippen LogP contribution is 2.34. The van der Waals surface area contributed by atoms with E-state index in [1.807, 2.05) is 48.2 Å². The van der Waals surface area contributed by atoms with Gasteiger partial charge in [-0.25, -0.2) is 0 Å². The number of nitrogens with zero attached hydrogens (tertiary/aromatic N) is 1. The Labute approximate surface area is 156 Å². The molecule has 3 atom stereocenters. The zero-order valence-corrected chi connectivity index (χ0v) is 15.7. The Bertz CT molecular complexity index is 688. The average Bonchev–Trinajstić information content (AvgIpc) is 2.62. The average molecular weight is 359 g/mol. The molecule has 1 aliphatic heterocycles. The third kappa shape index (κ3) is 4.05. The van der Waals surface area contributed by atoms with Crippen molar-refractivity contribution in [1.82, 2.24) is 4.90 Å². The van der Waals surface area contributed by atoms with E-state index in [4.69, 9.17) is 5.73 Å². The molecule has 3 rings (SSSR count). The topological polar surface area (TPSA) is 46.3 Å². The van der Waals surface area contributed by atoms with Crippen molar-refractivity contribution < 1.29 is 4.79 Å². The second kappa shape index (κ2) is 8.03. The van der Waals surface area contributed by atoms with Gasteiger partial charge in [-0.2, -0.15) is 0 Å². The minimum absolute atomic E-state index is 0. The number of nitrogens with two attached hydrogens (primary N) is 1. The zero-order valence-electron chi connectivity index (χ0n) is 14.9. The molecular weight excluding hydrogens is 332 g/mol. The maximum Gasteiger partial charge on any atom is 0.246 e. The molecule has 25 heavy (non-hydrogen) atoms. The predicted molar refractivity (Wildman–Crippen MR) is 105 cm³/mol. The number of hydrogen-bond donors (Lipinski definition) is 1. The molecule has 2 N–H and O–H groups in total. The van der Waals surface area contributed by atoms with Gasteiger partial charge in [0.1, 0.15) is 5.54 Å². The first kappa shape index (κ1) is 19.5. The molecular formula is C21H27ClN2O. The quantitative estimate of drug-likeness (QED) is 0.903. The van der Waals surface area contributed by atoms with Crippen LogP contribution in [0, 0.1) is 5.92 Å². The number of carbonyl (C=O) groups is 1. The van der Waals surface area contributed by atoms with E-state index >= 15 is 0 Å². The smallest absolute Gasteiger partial charge is 0.246 e. The van der Waals surface area contributed by atoms with Gasteiger partial charge in [-0.15, -0.1) is 12.4 Å². The molecule has 1 fully saturated rings. The summed E-state index contributed by atoms with van der Waals surface area (Å²) in [6.45, 7) is 5.58. The number of piperidine rings is 1. The Balaban J connectivity index is 0.00000225. The number of amides is 1. The molecule has 0 bridgehead atoms. The molecule has 3 nitrogen and oxygen atoms in total. The lowest BCUT2D eigenvalue weighted by molar-refractivity contribution is -0.138. The lowest BCUT2D eigenvalue weighted by Crippen LogP contribution is -2.54. The van der Waals surface area contributed by atoms with E-state index < -0.39 is 5.54 Å². The van der Waals surface area contributed by atoms with E-state index in [9.17, 15) is 4.79 Å². The van der Waals surface area contributed by atoms with E-state index in [0.29, 0.717) is 11.8 Å². The molecule has 0 aromatic heterocycles. The van der Waals surface area contributed by atoms with E-state index in [1.165, 1.54) is 5.56 Å². The van der Waals surface area contributed by atoms with Gasteiger partial charge in [0.15, 0.2) is 0 Å². The van der Waals surface area contributed by atoms with Crippen molar-refractivity contribution >= 4 is 18.3 Å². The van der Waals surface area contributed by atoms with Crippen molar-refractivity contribution in [3.05, 3.63) is 71.8 Å². The summed E-state index contributed by atoms with van der Waals surface area (Å²) in [4.78, 5) is 15.0. The molecule has 0 saturated carbocycles. The first-order valence-electron chi connectivity index (χ1n) is 8.69. The van der Waals surface area contributed by atoms with Crippen molar-refractivity contribution in [3.63, 3.8) is 0 Å². The van der Waals surface area contributed by atoms with Gasteiger partial charge < -0.3 is 10.6 Å². The molecule has 0 aliphatic carbocycles. The summed E-state index contributed by atoms with van der Waals surface area (Å²) in [5.41, 5.74) is 7.68. The molecule has 1 aliphatic rings. The van der Waals surface area contributed by atoms with Crippen LogP contribution >= 0.6 is 12.4 Å². The molecule has 2 aromatic carbocycles. The second-order valence-corrected chi connectivity index (χ2v) is 7.10. The summed E-state index contributed by atoms with van der Waals surface area (Å²) in [6.07, 6.45) is 0.988. The summed E-state index contributed by atoms with van der Waals surface area (Å²) in [6, 6.07) is 20.3. The Kier molecular flexibility index (Phi) is 6.26. The molecule has 134 valence electrons. The molecule has 1 saturated heterocycles. The fraction of sp³-hybridized carbons (Fsp3) is 0.381. The van der Waals surface area contributed by atoms with Crippen molar-refractivity contribution in [2.75, 3.05) is 13.1 Å². The van der Waals surface area contributed by atoms with Gasteiger partial charge in [-0.3, -0.25) is 4.79 Å². The monoisotopic (exact) mass is 358 g/mol. The predicted octanol–water partition coefficient (Wildman–Crippen LogP) is 3.93. The summed E-state index contributed by atoms with van der Waals surface area (Å²) in [5, 5.41) is 0. The Morgan fingerprint density at radius 1 is 1.08 bits per heavy atom. The lowest BCUT2D eigenvalue weighted by Gasteiger charge is -2.40. The minimum Gasteiger partial charge on any atom is -0.340 e. The number of benzene rings is 2. The van der Waals surface area contributed by atoms with Crippen molar-refractivity contribution in [2.24, 2.45) is 11.7 Å². The highest BCUT2D eigenvalue weighted by molar-refractivity contribution is 5.87. The molecule has 1 amide bonds. The van der Waals surface area contributed by atoms with Gasteiger partial charge in [0, 0.05) is 13.1 Å². The number of rotatable bonds is 3. The van der Waals surface area contributed by atoms with E-state index in [1.54, 1.807) is 0 Å². The van der Waals surface area contributed by atoms with Crippen LogP contribution < -0.4 is 5.73 Å². The molecule has 4 heteroatoms. The summed E-state index contributed by atoms with van der Waals surface area (Å²) in [7, 11) is 0. The number of carbonyl (C=O) groups excluding carboxylic acids is 1. The molecule has 0 radical (unpaired) electrons. The van der Waals surface area contributed by atoms with Gasteiger partial charge in [0.25, 0.3) is 0 Å². The maximum absolute atomic E-state index is 13.0. The van der Waals surface area contributed by atoms with Gasteiger partial charge in [0.05, 0.1) is 0 Å². The normalized spacial score (nSPS) is 22.6. The fourth-order valence-electron chi connectivity index (χ4n) is 3.76. The number of halogens is 1. The first-order valence-corrected chi connectivity index (χ1v) is 8.69. The molecule has 1 heterocycles. The minimum atomic E-state index is -0.972. The van der Waals surface area contributed by atoms with Crippen LogP contribution in [0.15, 0.2) is 60.7 Å². The largest absolute Gasteiger partial charge is 0.340 e. The highest BCUT2D eigenvalue weighted by Gasteiger charge is 2.38. The van der Waals surface area contributed by atoms with Crippen molar-refractivity contribution in [2.45, 2.75) is 31.7 Å². The highest BCUT2D eigenvalue weighted by atomic mass is 35.5. The lowest BCUT2D eigenvalue weighted by atomic mass is 9.80. The number of likely N-dealkylation sites (tertiary alicyclic amines) is 1. The van der Waals surface area contributed by atoms with Gasteiger partial charge >= 0.3 is 0 Å². The van der Waals surface area contributed by atoms with Crippen LogP contribution in [0.4, 0.5) is 0 Å². The first-order chi connectivity index (χ1) is 11.5. The maximum atomic E-state index is 13.0. The second-order valence-electron chi connectivity index (χ2n) is 7.10. The van der Waals surface area contributed by atoms with Crippen LogP contribution in [0.3, 0.4) is 0 Å². The van der Waals surface area contributed by atoms with E-state index in [0.717, 1.165) is 25.1 Å². The molecule has 0 spiro atoms. The van der Waals surface area contributed by atoms with Crippen LogP contribution in [0.2, 0.25) is 0 Å². The number of hydrogen-bond acceptors (Lipinski definition) is 2. The summed E-state index contributed by atoms with van der Waals surface area (Å²) in [5.74, 6) is 0.958. The zero-order chi connectivity index (χ0) is 17.2. The van der Waals surface area contributed by atoms with Crippen molar-refractivity contribution in [3.8, 4) is 0 Å². The van der Waals surface area contributed by atoms with Gasteiger partial charge in [-0.1, -0.05) is 67.6 Å². The summed E-state index contributed by atoms with van der Waals surface area (Å²) < 4.78 is 0. The van der Waals surface area contributed by atoms with Crippen LogP contribution in [-0.4, -0.2) is 23.9 Å². The van der Waals surface area contributed by atoms with Crippen molar-refractivity contribution in [1.29, 1.82) is 0 Å². The third-order valence-corrected chi connectivity index (χ3v) is 5.24. The van der Waals surface area contributed by atoms with Gasteiger partial charge in [0.2, 0.25) is 5.91 Å². The van der Waals surface area contributed by atoms with E-state index in [2.05, 4.69) is 31.2 Å². The SMILES string of the molecule is CC1CN(C(=O)C(C)(N)c2ccccc2)CCC1c1ccccc1.Cl. The van der Waals surface area contributed by atoms with Gasteiger partial charge in [-0.05, 0) is 36.3 Å². The van der Waals surface area contributed by atoms with Crippen LogP contribution in [0.5, 0.6) is 0 Å².